The number of amides is 1. The molecule has 2 aliphatic rings. The number of alkyl halides is 3. The second-order valence-corrected chi connectivity index (χ2v) is 7.61. The highest BCUT2D eigenvalue weighted by molar-refractivity contribution is 5.78. The summed E-state index contributed by atoms with van der Waals surface area (Å²) >= 11 is 0. The number of carbonyl (C=O) groups is 1. The summed E-state index contributed by atoms with van der Waals surface area (Å²) in [5.74, 6) is 1.10. The van der Waals surface area contributed by atoms with E-state index in [0.717, 1.165) is 12.8 Å². The van der Waals surface area contributed by atoms with Gasteiger partial charge >= 0.3 is 6.18 Å². The van der Waals surface area contributed by atoms with Gasteiger partial charge in [0, 0.05) is 31.7 Å². The van der Waals surface area contributed by atoms with Gasteiger partial charge in [-0.1, -0.05) is 26.7 Å². The maximum atomic E-state index is 12.5. The van der Waals surface area contributed by atoms with Crippen molar-refractivity contribution in [3.63, 3.8) is 0 Å². The monoisotopic (exact) mass is 349 g/mol. The summed E-state index contributed by atoms with van der Waals surface area (Å²) in [6.07, 6.45) is -0.787. The Kier molecular flexibility index (Phi) is 6.53. The van der Waals surface area contributed by atoms with Gasteiger partial charge < -0.3 is 5.32 Å². The Balaban J connectivity index is 1.77. The SMILES string of the molecule is CC1CCCC(NC(=O)CN2CCN(CC(F)(F)F)C(C)C2)C1C. The maximum Gasteiger partial charge on any atom is 0.401 e. The van der Waals surface area contributed by atoms with Gasteiger partial charge in [0.05, 0.1) is 13.1 Å². The molecule has 1 saturated carbocycles. The minimum Gasteiger partial charge on any atom is -0.352 e. The second-order valence-electron chi connectivity index (χ2n) is 7.61. The molecule has 1 N–H and O–H groups in total. The minimum absolute atomic E-state index is 0.00239. The molecule has 1 amide bonds. The first-order chi connectivity index (χ1) is 11.2. The van der Waals surface area contributed by atoms with Crippen LogP contribution in [0.3, 0.4) is 0 Å². The van der Waals surface area contributed by atoms with Gasteiger partial charge in [-0.3, -0.25) is 14.6 Å². The molecule has 2 rings (SSSR count). The van der Waals surface area contributed by atoms with Gasteiger partial charge in [-0.2, -0.15) is 13.2 Å². The van der Waals surface area contributed by atoms with E-state index in [1.807, 2.05) is 4.90 Å². The van der Waals surface area contributed by atoms with Gasteiger partial charge in [0.2, 0.25) is 5.91 Å². The number of piperazine rings is 1. The number of halogens is 3. The summed E-state index contributed by atoms with van der Waals surface area (Å²) in [4.78, 5) is 15.7. The molecule has 0 bridgehead atoms. The number of rotatable bonds is 4. The third-order valence-corrected chi connectivity index (χ3v) is 5.65. The summed E-state index contributed by atoms with van der Waals surface area (Å²) in [6.45, 7) is 6.97. The fourth-order valence-electron chi connectivity index (χ4n) is 3.92. The van der Waals surface area contributed by atoms with E-state index in [1.165, 1.54) is 11.3 Å². The van der Waals surface area contributed by atoms with Crippen LogP contribution in [0.2, 0.25) is 0 Å². The molecule has 140 valence electrons. The van der Waals surface area contributed by atoms with Crippen LogP contribution in [-0.2, 0) is 4.79 Å². The Morgan fingerprint density at radius 2 is 1.88 bits per heavy atom. The van der Waals surface area contributed by atoms with Gasteiger partial charge in [0.15, 0.2) is 0 Å². The van der Waals surface area contributed by atoms with Crippen LogP contribution >= 0.6 is 0 Å². The quantitative estimate of drug-likeness (QED) is 0.847. The van der Waals surface area contributed by atoms with Crippen molar-refractivity contribution in [3.05, 3.63) is 0 Å². The zero-order chi connectivity index (χ0) is 17.9. The van der Waals surface area contributed by atoms with Crippen LogP contribution in [0.4, 0.5) is 13.2 Å². The first-order valence-electron chi connectivity index (χ1n) is 8.98. The predicted molar refractivity (Wildman–Crippen MR) is 87.6 cm³/mol. The van der Waals surface area contributed by atoms with Crippen LogP contribution in [-0.4, -0.2) is 66.7 Å². The molecule has 4 unspecified atom stereocenters. The third kappa shape index (κ3) is 5.62. The van der Waals surface area contributed by atoms with Crippen LogP contribution in [0.15, 0.2) is 0 Å². The molecule has 1 saturated heterocycles. The fraction of sp³-hybridized carbons (Fsp3) is 0.941. The highest BCUT2D eigenvalue weighted by Crippen LogP contribution is 2.29. The molecule has 24 heavy (non-hydrogen) atoms. The Labute approximate surface area is 142 Å². The van der Waals surface area contributed by atoms with Gasteiger partial charge in [-0.15, -0.1) is 0 Å². The van der Waals surface area contributed by atoms with Crippen molar-refractivity contribution in [1.29, 1.82) is 0 Å². The lowest BCUT2D eigenvalue weighted by molar-refractivity contribution is -0.155. The van der Waals surface area contributed by atoms with Crippen LogP contribution in [0.25, 0.3) is 0 Å². The molecule has 0 aromatic rings. The van der Waals surface area contributed by atoms with Gasteiger partial charge in [-0.05, 0) is 25.2 Å². The zero-order valence-electron chi connectivity index (χ0n) is 14.9. The van der Waals surface area contributed by atoms with Crippen LogP contribution in [0.5, 0.6) is 0 Å². The predicted octanol–water partition coefficient (Wildman–Crippen LogP) is 2.50. The summed E-state index contributed by atoms with van der Waals surface area (Å²) in [6, 6.07) is 0.0343. The van der Waals surface area contributed by atoms with Gasteiger partial charge in [0.1, 0.15) is 0 Å². The normalized spacial score (nSPS) is 33.4. The van der Waals surface area contributed by atoms with E-state index in [1.54, 1.807) is 6.92 Å². The minimum atomic E-state index is -4.17. The summed E-state index contributed by atoms with van der Waals surface area (Å²) < 4.78 is 37.6. The van der Waals surface area contributed by atoms with E-state index in [4.69, 9.17) is 0 Å². The molecular weight excluding hydrogens is 319 g/mol. The van der Waals surface area contributed by atoms with Crippen molar-refractivity contribution in [2.45, 2.75) is 58.3 Å². The molecule has 0 spiro atoms. The van der Waals surface area contributed by atoms with Crippen LogP contribution in [0, 0.1) is 11.8 Å². The molecule has 1 aliphatic carbocycles. The molecule has 4 atom stereocenters. The van der Waals surface area contributed by atoms with Crippen molar-refractivity contribution >= 4 is 5.91 Å². The first kappa shape index (κ1) is 19.5. The summed E-state index contributed by atoms with van der Waals surface area (Å²) in [7, 11) is 0. The largest absolute Gasteiger partial charge is 0.401 e. The number of hydrogen-bond donors (Lipinski definition) is 1. The molecule has 7 heteroatoms. The average Bonchev–Trinajstić information content (AvgIpc) is 2.45. The molecule has 2 fully saturated rings. The van der Waals surface area contributed by atoms with Gasteiger partial charge in [0.25, 0.3) is 0 Å². The lowest BCUT2D eigenvalue weighted by Gasteiger charge is -2.40. The molecular formula is C17H30F3N3O. The van der Waals surface area contributed by atoms with E-state index in [9.17, 15) is 18.0 Å². The van der Waals surface area contributed by atoms with Crippen molar-refractivity contribution in [2.75, 3.05) is 32.7 Å². The van der Waals surface area contributed by atoms with Crippen molar-refractivity contribution in [2.24, 2.45) is 11.8 Å². The van der Waals surface area contributed by atoms with E-state index in [-0.39, 0.29) is 24.5 Å². The molecule has 4 nitrogen and oxygen atoms in total. The maximum absolute atomic E-state index is 12.5. The average molecular weight is 349 g/mol. The Hall–Kier alpha value is -0.820. The lowest BCUT2D eigenvalue weighted by atomic mass is 9.78. The first-order valence-corrected chi connectivity index (χ1v) is 8.98. The zero-order valence-corrected chi connectivity index (χ0v) is 14.9. The molecule has 0 aromatic carbocycles. The van der Waals surface area contributed by atoms with Crippen LogP contribution in [0.1, 0.15) is 40.0 Å². The van der Waals surface area contributed by atoms with E-state index >= 15 is 0 Å². The highest BCUT2D eigenvalue weighted by Gasteiger charge is 2.35. The second kappa shape index (κ2) is 8.04. The van der Waals surface area contributed by atoms with E-state index in [0.29, 0.717) is 31.5 Å². The summed E-state index contributed by atoms with van der Waals surface area (Å²) in [5, 5.41) is 3.14. The van der Waals surface area contributed by atoms with Gasteiger partial charge in [-0.25, -0.2) is 0 Å². The number of carbonyl (C=O) groups excluding carboxylic acids is 1. The van der Waals surface area contributed by atoms with Crippen molar-refractivity contribution in [1.82, 2.24) is 15.1 Å². The third-order valence-electron chi connectivity index (χ3n) is 5.65. The number of hydrogen-bond acceptors (Lipinski definition) is 3. The van der Waals surface area contributed by atoms with Crippen LogP contribution < -0.4 is 5.32 Å². The molecule has 1 aliphatic heterocycles. The van der Waals surface area contributed by atoms with Crippen molar-refractivity contribution in [3.8, 4) is 0 Å². The Morgan fingerprint density at radius 1 is 1.17 bits per heavy atom. The summed E-state index contributed by atoms with van der Waals surface area (Å²) in [5.41, 5.74) is 0. The smallest absolute Gasteiger partial charge is 0.352 e. The number of nitrogens with one attached hydrogen (secondary N) is 1. The topological polar surface area (TPSA) is 35.6 Å². The highest BCUT2D eigenvalue weighted by atomic mass is 19.4. The van der Waals surface area contributed by atoms with E-state index < -0.39 is 12.7 Å². The molecule has 0 aromatic heterocycles. The Morgan fingerprint density at radius 3 is 2.50 bits per heavy atom. The van der Waals surface area contributed by atoms with Crippen molar-refractivity contribution < 1.29 is 18.0 Å². The lowest BCUT2D eigenvalue weighted by Crippen LogP contribution is -2.56. The molecule has 1 heterocycles. The number of nitrogens with zero attached hydrogens (tertiary/aromatic N) is 2. The fourth-order valence-corrected chi connectivity index (χ4v) is 3.92. The standard InChI is InChI=1S/C17H30F3N3O/c1-12-5-4-6-15(14(12)3)21-16(24)10-22-7-8-23(13(2)9-22)11-17(18,19)20/h12-15H,4-11H2,1-3H3,(H,21,24). The molecule has 0 radical (unpaired) electrons. The van der Waals surface area contributed by atoms with E-state index in [2.05, 4.69) is 19.2 Å². The Bertz CT molecular complexity index is 430.